The summed E-state index contributed by atoms with van der Waals surface area (Å²) in [4.78, 5) is 15.1. The van der Waals surface area contributed by atoms with Crippen molar-refractivity contribution in [3.63, 3.8) is 0 Å². The Hall–Kier alpha value is -1.64. The normalized spacial score (nSPS) is 11.5. The van der Waals surface area contributed by atoms with Gasteiger partial charge in [0.25, 0.3) is 0 Å². The first kappa shape index (κ1) is 13.4. The number of hydrogen-bond donors (Lipinski definition) is 1. The standard InChI is InChI=1S/C12H18N2O/c1-3-5-6-9-13-10-7-11-14-12(15)8-4-2/h3-6,8-9H,1,7,10-11H2,2H3,(H,14,15)/b6-5-,8-4-,13-9+. The molecule has 1 N–H and O–H groups in total. The first-order valence-electron chi connectivity index (χ1n) is 4.99. The van der Waals surface area contributed by atoms with Crippen molar-refractivity contribution in [3.05, 3.63) is 37.0 Å². The zero-order chi connectivity index (χ0) is 11.4. The molecule has 0 heterocycles. The molecule has 0 aliphatic rings. The van der Waals surface area contributed by atoms with Gasteiger partial charge in [-0.15, -0.1) is 0 Å². The lowest BCUT2D eigenvalue weighted by Crippen LogP contribution is -2.22. The topological polar surface area (TPSA) is 41.5 Å². The number of aliphatic imine (C=N–C) groups is 1. The van der Waals surface area contributed by atoms with Crippen molar-refractivity contribution in [2.24, 2.45) is 4.99 Å². The maximum absolute atomic E-state index is 11.0. The van der Waals surface area contributed by atoms with Crippen LogP contribution in [0.1, 0.15) is 13.3 Å². The Kier molecular flexibility index (Phi) is 9.30. The Balaban J connectivity index is 3.39. The third-order valence-corrected chi connectivity index (χ3v) is 1.52. The number of amides is 1. The number of carbonyl (C=O) groups is 1. The summed E-state index contributed by atoms with van der Waals surface area (Å²) in [6.45, 7) is 6.74. The number of rotatable bonds is 7. The minimum absolute atomic E-state index is 0.0481. The molecule has 0 aromatic carbocycles. The Morgan fingerprint density at radius 1 is 1.47 bits per heavy atom. The predicted octanol–water partition coefficient (Wildman–Crippen LogP) is 1.88. The SMILES string of the molecule is C=C/C=C\C=N\CCCNC(=O)/C=C\C. The van der Waals surface area contributed by atoms with Gasteiger partial charge in [-0.1, -0.05) is 24.8 Å². The lowest BCUT2D eigenvalue weighted by atomic mass is 10.4. The van der Waals surface area contributed by atoms with Crippen LogP contribution in [0.5, 0.6) is 0 Å². The Bertz CT molecular complexity index is 265. The van der Waals surface area contributed by atoms with Crippen LogP contribution in [0.4, 0.5) is 0 Å². The van der Waals surface area contributed by atoms with E-state index in [2.05, 4.69) is 16.9 Å². The number of hydrogen-bond acceptors (Lipinski definition) is 2. The van der Waals surface area contributed by atoms with Crippen molar-refractivity contribution in [2.75, 3.05) is 13.1 Å². The fourth-order valence-corrected chi connectivity index (χ4v) is 0.856. The smallest absolute Gasteiger partial charge is 0.243 e. The van der Waals surface area contributed by atoms with E-state index in [4.69, 9.17) is 0 Å². The molecule has 0 aromatic heterocycles. The average molecular weight is 206 g/mol. The zero-order valence-corrected chi connectivity index (χ0v) is 9.15. The van der Waals surface area contributed by atoms with E-state index in [1.807, 2.05) is 19.1 Å². The highest BCUT2D eigenvalue weighted by Crippen LogP contribution is 1.80. The van der Waals surface area contributed by atoms with Gasteiger partial charge < -0.3 is 5.32 Å². The van der Waals surface area contributed by atoms with E-state index in [0.717, 1.165) is 13.0 Å². The number of carbonyl (C=O) groups excluding carboxylic acids is 1. The van der Waals surface area contributed by atoms with E-state index < -0.39 is 0 Å². The van der Waals surface area contributed by atoms with Gasteiger partial charge in [-0.25, -0.2) is 0 Å². The van der Waals surface area contributed by atoms with Crippen LogP contribution < -0.4 is 5.32 Å². The molecule has 0 atom stereocenters. The first-order chi connectivity index (χ1) is 7.31. The highest BCUT2D eigenvalue weighted by Gasteiger charge is 1.91. The van der Waals surface area contributed by atoms with Gasteiger partial charge in [0.05, 0.1) is 0 Å². The van der Waals surface area contributed by atoms with Crippen molar-refractivity contribution in [1.29, 1.82) is 0 Å². The Morgan fingerprint density at radius 3 is 2.93 bits per heavy atom. The van der Waals surface area contributed by atoms with Crippen molar-refractivity contribution in [3.8, 4) is 0 Å². The van der Waals surface area contributed by atoms with Gasteiger partial charge >= 0.3 is 0 Å². The highest BCUT2D eigenvalue weighted by atomic mass is 16.1. The molecule has 1 amide bonds. The summed E-state index contributed by atoms with van der Waals surface area (Å²) in [5.74, 6) is -0.0481. The summed E-state index contributed by atoms with van der Waals surface area (Å²) in [5, 5.41) is 2.75. The molecule has 0 radical (unpaired) electrons. The highest BCUT2D eigenvalue weighted by molar-refractivity contribution is 5.87. The van der Waals surface area contributed by atoms with Crippen molar-refractivity contribution in [2.45, 2.75) is 13.3 Å². The molecule has 0 aliphatic heterocycles. The second kappa shape index (κ2) is 10.4. The molecule has 0 fully saturated rings. The Labute approximate surface area is 91.3 Å². The molecule has 0 spiro atoms. The molecular formula is C12H18N2O. The third kappa shape index (κ3) is 10.3. The maximum Gasteiger partial charge on any atom is 0.243 e. The number of allylic oxidation sites excluding steroid dienone is 4. The van der Waals surface area contributed by atoms with E-state index in [-0.39, 0.29) is 5.91 Å². The Morgan fingerprint density at radius 2 is 2.27 bits per heavy atom. The minimum atomic E-state index is -0.0481. The summed E-state index contributed by atoms with van der Waals surface area (Å²) in [6, 6.07) is 0. The van der Waals surface area contributed by atoms with Crippen LogP contribution in [0.25, 0.3) is 0 Å². The lowest BCUT2D eigenvalue weighted by Gasteiger charge is -1.98. The van der Waals surface area contributed by atoms with Gasteiger partial charge in [-0.05, 0) is 25.5 Å². The molecule has 0 saturated carbocycles. The summed E-state index contributed by atoms with van der Waals surface area (Å²) in [6.07, 6.45) is 11.1. The van der Waals surface area contributed by atoms with Crippen LogP contribution >= 0.6 is 0 Å². The van der Waals surface area contributed by atoms with Crippen molar-refractivity contribution >= 4 is 12.1 Å². The van der Waals surface area contributed by atoms with Crippen LogP contribution in [0.2, 0.25) is 0 Å². The molecule has 3 nitrogen and oxygen atoms in total. The summed E-state index contributed by atoms with van der Waals surface area (Å²) < 4.78 is 0. The van der Waals surface area contributed by atoms with Gasteiger partial charge in [-0.2, -0.15) is 0 Å². The van der Waals surface area contributed by atoms with Crippen molar-refractivity contribution < 1.29 is 4.79 Å². The molecule has 0 aromatic rings. The molecule has 0 saturated heterocycles. The number of nitrogens with zero attached hydrogens (tertiary/aromatic N) is 1. The first-order valence-corrected chi connectivity index (χ1v) is 4.99. The summed E-state index contributed by atoms with van der Waals surface area (Å²) >= 11 is 0. The minimum Gasteiger partial charge on any atom is -0.352 e. The van der Waals surface area contributed by atoms with E-state index in [1.165, 1.54) is 6.08 Å². The summed E-state index contributed by atoms with van der Waals surface area (Å²) in [7, 11) is 0. The van der Waals surface area contributed by atoms with Crippen molar-refractivity contribution in [1.82, 2.24) is 5.32 Å². The zero-order valence-electron chi connectivity index (χ0n) is 9.15. The molecule has 3 heteroatoms. The van der Waals surface area contributed by atoms with Crippen LogP contribution in [-0.4, -0.2) is 25.2 Å². The van der Waals surface area contributed by atoms with Crippen LogP contribution in [0.15, 0.2) is 42.0 Å². The largest absolute Gasteiger partial charge is 0.352 e. The molecule has 0 aliphatic carbocycles. The molecule has 0 unspecified atom stereocenters. The van der Waals surface area contributed by atoms with Gasteiger partial charge in [0.15, 0.2) is 0 Å². The molecular weight excluding hydrogens is 188 g/mol. The second-order valence-corrected chi connectivity index (χ2v) is 2.82. The monoisotopic (exact) mass is 206 g/mol. The average Bonchev–Trinajstić information content (AvgIpc) is 2.22. The van der Waals surface area contributed by atoms with Gasteiger partial charge in [0.1, 0.15) is 0 Å². The van der Waals surface area contributed by atoms with E-state index in [1.54, 1.807) is 18.4 Å². The van der Waals surface area contributed by atoms with Gasteiger partial charge in [0.2, 0.25) is 5.91 Å². The molecule has 0 bridgehead atoms. The van der Waals surface area contributed by atoms with Gasteiger partial charge in [-0.3, -0.25) is 9.79 Å². The van der Waals surface area contributed by atoms with Crippen LogP contribution in [-0.2, 0) is 4.79 Å². The number of nitrogens with one attached hydrogen (secondary N) is 1. The molecule has 0 rings (SSSR count). The van der Waals surface area contributed by atoms with Gasteiger partial charge in [0, 0.05) is 19.3 Å². The van der Waals surface area contributed by atoms with E-state index in [9.17, 15) is 4.79 Å². The van der Waals surface area contributed by atoms with Crippen LogP contribution in [0, 0.1) is 0 Å². The third-order valence-electron chi connectivity index (χ3n) is 1.52. The van der Waals surface area contributed by atoms with E-state index in [0.29, 0.717) is 6.54 Å². The fourth-order valence-electron chi connectivity index (χ4n) is 0.856. The van der Waals surface area contributed by atoms with E-state index >= 15 is 0 Å². The second-order valence-electron chi connectivity index (χ2n) is 2.82. The maximum atomic E-state index is 11.0. The summed E-state index contributed by atoms with van der Waals surface area (Å²) in [5.41, 5.74) is 0. The quantitative estimate of drug-likeness (QED) is 0.294. The molecule has 15 heavy (non-hydrogen) atoms. The van der Waals surface area contributed by atoms with Crippen LogP contribution in [0.3, 0.4) is 0 Å². The fraction of sp³-hybridized carbons (Fsp3) is 0.333. The lowest BCUT2D eigenvalue weighted by molar-refractivity contribution is -0.116. The molecule has 82 valence electrons. The predicted molar refractivity (Wildman–Crippen MR) is 65.1 cm³/mol.